The predicted molar refractivity (Wildman–Crippen MR) is 32.6 cm³/mol. The molecule has 56 valence electrons. The Kier molecular flexibility index (Phi) is 3.72. The summed E-state index contributed by atoms with van der Waals surface area (Å²) in [6.07, 6.45) is 0. The predicted octanol–water partition coefficient (Wildman–Crippen LogP) is 0.114. The second kappa shape index (κ2) is 3.79. The molecule has 4 nitrogen and oxygen atoms in total. The van der Waals surface area contributed by atoms with Crippen molar-refractivity contribution in [3.05, 3.63) is 0 Å². The van der Waals surface area contributed by atoms with Crippen LogP contribution in [-0.4, -0.2) is 44.0 Å². The van der Waals surface area contributed by atoms with Gasteiger partial charge in [-0.15, -0.1) is 0 Å². The Morgan fingerprint density at radius 3 is 2.22 bits per heavy atom. The van der Waals surface area contributed by atoms with Crippen LogP contribution in [0.2, 0.25) is 0 Å². The Labute approximate surface area is 55.0 Å². The molecule has 0 heterocycles. The van der Waals surface area contributed by atoms with Crippen LogP contribution >= 0.6 is 0 Å². The SMILES string of the molecule is C[N+](C)(C)CCOOO. The standard InChI is InChI=1S/C5H13NO3/c1-6(2,3)4-5-8-9-7/h4-5H2,1-3H3/p+1. The summed E-state index contributed by atoms with van der Waals surface area (Å²) in [7, 11) is 6.09. The fourth-order valence-electron chi connectivity index (χ4n) is 0.348. The summed E-state index contributed by atoms with van der Waals surface area (Å²) in [5, 5.41) is 11.2. The highest BCUT2D eigenvalue weighted by molar-refractivity contribution is 4.21. The second-order valence-corrected chi connectivity index (χ2v) is 2.91. The van der Waals surface area contributed by atoms with Crippen molar-refractivity contribution in [1.82, 2.24) is 0 Å². The average molecular weight is 136 g/mol. The molecule has 0 spiro atoms. The lowest BCUT2D eigenvalue weighted by molar-refractivity contribution is -0.872. The molecule has 0 aliphatic carbocycles. The largest absolute Gasteiger partial charge is 0.329 e. The van der Waals surface area contributed by atoms with Crippen molar-refractivity contribution in [3.63, 3.8) is 0 Å². The molecule has 0 saturated carbocycles. The molecular weight excluding hydrogens is 122 g/mol. The molecule has 0 saturated heterocycles. The first-order valence-electron chi connectivity index (χ1n) is 2.80. The van der Waals surface area contributed by atoms with Gasteiger partial charge in [0.2, 0.25) is 0 Å². The van der Waals surface area contributed by atoms with Gasteiger partial charge in [0.1, 0.15) is 13.2 Å². The maximum atomic E-state index is 7.73. The summed E-state index contributed by atoms with van der Waals surface area (Å²) >= 11 is 0. The van der Waals surface area contributed by atoms with Gasteiger partial charge in [-0.3, -0.25) is 0 Å². The van der Waals surface area contributed by atoms with Crippen molar-refractivity contribution in [3.8, 4) is 0 Å². The van der Waals surface area contributed by atoms with E-state index in [9.17, 15) is 0 Å². The molecule has 0 aromatic carbocycles. The molecule has 0 rings (SSSR count). The van der Waals surface area contributed by atoms with E-state index in [2.05, 4.69) is 9.93 Å². The van der Waals surface area contributed by atoms with Gasteiger partial charge in [0.25, 0.3) is 0 Å². The van der Waals surface area contributed by atoms with Crippen molar-refractivity contribution in [2.75, 3.05) is 34.3 Å². The van der Waals surface area contributed by atoms with Gasteiger partial charge >= 0.3 is 0 Å². The summed E-state index contributed by atoms with van der Waals surface area (Å²) in [5.41, 5.74) is 0. The molecule has 4 heteroatoms. The molecule has 0 bridgehead atoms. The zero-order valence-electron chi connectivity index (χ0n) is 6.13. The van der Waals surface area contributed by atoms with E-state index in [-0.39, 0.29) is 0 Å². The minimum atomic E-state index is 0.403. The number of quaternary nitrogens is 1. The van der Waals surface area contributed by atoms with Gasteiger partial charge in [0.05, 0.1) is 21.1 Å². The Hall–Kier alpha value is -0.160. The summed E-state index contributed by atoms with van der Waals surface area (Å²) in [5.74, 6) is 0. The minimum absolute atomic E-state index is 0.403. The molecule has 9 heavy (non-hydrogen) atoms. The van der Waals surface area contributed by atoms with Crippen LogP contribution in [0.3, 0.4) is 0 Å². The van der Waals surface area contributed by atoms with E-state index in [0.717, 1.165) is 11.0 Å². The first-order valence-corrected chi connectivity index (χ1v) is 2.80. The van der Waals surface area contributed by atoms with Gasteiger partial charge in [-0.1, -0.05) is 5.04 Å². The van der Waals surface area contributed by atoms with Crippen LogP contribution in [0.5, 0.6) is 0 Å². The van der Waals surface area contributed by atoms with Crippen LogP contribution in [0.25, 0.3) is 0 Å². The lowest BCUT2D eigenvalue weighted by atomic mass is 10.5. The highest BCUT2D eigenvalue weighted by Crippen LogP contribution is 1.88. The number of rotatable bonds is 4. The van der Waals surface area contributed by atoms with E-state index in [1.165, 1.54) is 0 Å². The maximum Gasteiger partial charge on any atom is 0.134 e. The van der Waals surface area contributed by atoms with Crippen LogP contribution in [0.1, 0.15) is 0 Å². The summed E-state index contributed by atoms with van der Waals surface area (Å²) < 4.78 is 0.795. The normalized spacial score (nSPS) is 12.0. The monoisotopic (exact) mass is 136 g/mol. The summed E-state index contributed by atoms with van der Waals surface area (Å²) in [4.78, 5) is 4.25. The third-order valence-electron chi connectivity index (χ3n) is 0.898. The molecule has 0 radical (unpaired) electrons. The molecule has 0 aromatic rings. The van der Waals surface area contributed by atoms with Crippen molar-refractivity contribution in [2.45, 2.75) is 0 Å². The Morgan fingerprint density at radius 2 is 1.89 bits per heavy atom. The van der Waals surface area contributed by atoms with E-state index in [1.54, 1.807) is 0 Å². The third kappa shape index (κ3) is 7.84. The summed E-state index contributed by atoms with van der Waals surface area (Å²) in [6, 6.07) is 0. The zero-order chi connectivity index (χ0) is 7.33. The van der Waals surface area contributed by atoms with Crippen molar-refractivity contribution >= 4 is 0 Å². The fraction of sp³-hybridized carbons (Fsp3) is 1.00. The topological polar surface area (TPSA) is 38.7 Å². The van der Waals surface area contributed by atoms with Crippen molar-refractivity contribution in [2.24, 2.45) is 0 Å². The molecular formula is C5H14NO3+. The lowest BCUT2D eigenvalue weighted by Gasteiger charge is -2.22. The zero-order valence-corrected chi connectivity index (χ0v) is 6.13. The molecule has 0 aliphatic heterocycles. The number of nitrogens with zero attached hydrogens (tertiary/aromatic N) is 1. The van der Waals surface area contributed by atoms with Crippen LogP contribution < -0.4 is 0 Å². The van der Waals surface area contributed by atoms with E-state index >= 15 is 0 Å². The van der Waals surface area contributed by atoms with Gasteiger partial charge in [-0.05, 0) is 0 Å². The van der Waals surface area contributed by atoms with Gasteiger partial charge < -0.3 is 4.48 Å². The molecule has 0 atom stereocenters. The molecule has 0 amide bonds. The first-order chi connectivity index (χ1) is 4.06. The van der Waals surface area contributed by atoms with Gasteiger partial charge in [-0.2, -0.15) is 0 Å². The molecule has 0 aromatic heterocycles. The Balaban J connectivity index is 3.07. The number of likely N-dealkylation sites (N-methyl/N-ethyl adjacent to an activating group) is 1. The van der Waals surface area contributed by atoms with Gasteiger partial charge in [0, 0.05) is 0 Å². The quantitative estimate of drug-likeness (QED) is 0.258. The Bertz CT molecular complexity index is 69.1. The van der Waals surface area contributed by atoms with Crippen LogP contribution in [0, 0.1) is 0 Å². The fourth-order valence-corrected chi connectivity index (χ4v) is 0.348. The average Bonchev–Trinajstić information content (AvgIpc) is 1.63. The highest BCUT2D eigenvalue weighted by atomic mass is 17.5. The third-order valence-corrected chi connectivity index (χ3v) is 0.898. The molecule has 0 aliphatic rings. The number of hydrogen-bond acceptors (Lipinski definition) is 3. The second-order valence-electron chi connectivity index (χ2n) is 2.91. The van der Waals surface area contributed by atoms with E-state index < -0.39 is 0 Å². The molecule has 1 N–H and O–H groups in total. The smallest absolute Gasteiger partial charge is 0.134 e. The highest BCUT2D eigenvalue weighted by Gasteiger charge is 2.05. The molecule has 0 fully saturated rings. The van der Waals surface area contributed by atoms with Gasteiger partial charge in [0.15, 0.2) is 0 Å². The van der Waals surface area contributed by atoms with Crippen LogP contribution in [0.4, 0.5) is 0 Å². The van der Waals surface area contributed by atoms with Crippen molar-refractivity contribution in [1.29, 1.82) is 0 Å². The van der Waals surface area contributed by atoms with Crippen molar-refractivity contribution < 1.29 is 19.7 Å². The van der Waals surface area contributed by atoms with E-state index in [1.807, 2.05) is 21.1 Å². The maximum absolute atomic E-state index is 7.73. The van der Waals surface area contributed by atoms with Gasteiger partial charge in [-0.25, -0.2) is 10.1 Å². The first kappa shape index (κ1) is 8.84. The van der Waals surface area contributed by atoms with Crippen LogP contribution in [-0.2, 0) is 9.93 Å². The lowest BCUT2D eigenvalue weighted by Crippen LogP contribution is -2.37. The van der Waals surface area contributed by atoms with E-state index in [0.29, 0.717) is 6.61 Å². The Morgan fingerprint density at radius 1 is 1.33 bits per heavy atom. The summed E-state index contributed by atoms with van der Waals surface area (Å²) in [6.45, 7) is 1.21. The number of hydrogen-bond donors (Lipinski definition) is 1. The molecule has 0 unspecified atom stereocenters. The minimum Gasteiger partial charge on any atom is -0.329 e. The van der Waals surface area contributed by atoms with E-state index in [4.69, 9.17) is 5.26 Å². The van der Waals surface area contributed by atoms with Crippen LogP contribution in [0.15, 0.2) is 0 Å².